The van der Waals surface area contributed by atoms with E-state index in [4.69, 9.17) is 14.5 Å². The first-order chi connectivity index (χ1) is 15.1. The van der Waals surface area contributed by atoms with Gasteiger partial charge >= 0.3 is 0 Å². The van der Waals surface area contributed by atoms with Gasteiger partial charge < -0.3 is 14.0 Å². The molecule has 1 unspecified atom stereocenters. The Morgan fingerprint density at radius 3 is 2.32 bits per heavy atom. The first-order valence-corrected chi connectivity index (χ1v) is 11.0. The van der Waals surface area contributed by atoms with Crippen LogP contribution >= 0.6 is 0 Å². The molecule has 0 bridgehead atoms. The molecule has 0 aliphatic carbocycles. The maximum absolute atomic E-state index is 6.24. The van der Waals surface area contributed by atoms with Gasteiger partial charge in [-0.05, 0) is 81.1 Å². The summed E-state index contributed by atoms with van der Waals surface area (Å²) in [5.74, 6) is 2.77. The van der Waals surface area contributed by atoms with E-state index in [2.05, 4.69) is 67.8 Å². The highest BCUT2D eigenvalue weighted by atomic mass is 16.5. The molecule has 0 saturated heterocycles. The van der Waals surface area contributed by atoms with E-state index in [-0.39, 0.29) is 6.10 Å². The molecule has 0 aliphatic heterocycles. The van der Waals surface area contributed by atoms with Crippen LogP contribution in [0.15, 0.2) is 72.8 Å². The van der Waals surface area contributed by atoms with Gasteiger partial charge in [-0.1, -0.05) is 36.4 Å². The minimum atomic E-state index is -0.141. The smallest absolute Gasteiger partial charge is 0.153 e. The Kier molecular flexibility index (Phi) is 6.56. The van der Waals surface area contributed by atoms with Crippen molar-refractivity contribution >= 4 is 11.0 Å². The summed E-state index contributed by atoms with van der Waals surface area (Å²) in [5.41, 5.74) is 4.56. The third-order valence-electron chi connectivity index (χ3n) is 5.38. The largest absolute Gasteiger partial charge is 0.494 e. The van der Waals surface area contributed by atoms with E-state index in [9.17, 15) is 0 Å². The molecular weight excluding hydrogens is 384 g/mol. The highest BCUT2D eigenvalue weighted by Crippen LogP contribution is 2.26. The summed E-state index contributed by atoms with van der Waals surface area (Å²) in [6.45, 7) is 7.82. The zero-order valence-electron chi connectivity index (χ0n) is 18.5. The van der Waals surface area contributed by atoms with Crippen LogP contribution in [0.5, 0.6) is 11.5 Å². The number of aromatic nitrogens is 2. The minimum absolute atomic E-state index is 0.141. The van der Waals surface area contributed by atoms with Gasteiger partial charge in [0.25, 0.3) is 0 Å². The molecule has 3 aromatic carbocycles. The molecule has 1 atom stereocenters. The van der Waals surface area contributed by atoms with E-state index in [0.29, 0.717) is 6.61 Å². The molecule has 4 nitrogen and oxygen atoms in total. The van der Waals surface area contributed by atoms with Crippen LogP contribution in [0.3, 0.4) is 0 Å². The molecule has 0 radical (unpaired) electrons. The highest BCUT2D eigenvalue weighted by Gasteiger charge is 2.18. The quantitative estimate of drug-likeness (QED) is 0.288. The van der Waals surface area contributed by atoms with Crippen molar-refractivity contribution in [1.29, 1.82) is 0 Å². The Morgan fingerprint density at radius 1 is 0.839 bits per heavy atom. The van der Waals surface area contributed by atoms with E-state index >= 15 is 0 Å². The Morgan fingerprint density at radius 2 is 1.55 bits per heavy atom. The normalized spacial score (nSPS) is 12.1. The first-order valence-electron chi connectivity index (χ1n) is 11.0. The van der Waals surface area contributed by atoms with Crippen LogP contribution in [0.25, 0.3) is 11.0 Å². The molecule has 0 spiro atoms. The molecule has 4 rings (SSSR count). The third-order valence-corrected chi connectivity index (χ3v) is 5.38. The summed E-state index contributed by atoms with van der Waals surface area (Å²) in [6, 6.07) is 24.7. The second-order valence-electron chi connectivity index (χ2n) is 8.06. The molecular formula is C27H30N2O2. The van der Waals surface area contributed by atoms with Crippen molar-refractivity contribution < 1.29 is 9.47 Å². The fourth-order valence-corrected chi connectivity index (χ4v) is 3.85. The Labute approximate surface area is 184 Å². The van der Waals surface area contributed by atoms with Gasteiger partial charge in [-0.2, -0.15) is 0 Å². The lowest BCUT2D eigenvalue weighted by Crippen LogP contribution is -2.13. The van der Waals surface area contributed by atoms with Crippen molar-refractivity contribution in [3.8, 4) is 11.5 Å². The van der Waals surface area contributed by atoms with E-state index in [0.717, 1.165) is 47.7 Å². The number of hydrogen-bond donors (Lipinski definition) is 0. The monoisotopic (exact) mass is 414 g/mol. The zero-order chi connectivity index (χ0) is 21.6. The molecule has 0 aliphatic rings. The van der Waals surface area contributed by atoms with Crippen LogP contribution in [0.2, 0.25) is 0 Å². The second-order valence-corrected chi connectivity index (χ2v) is 8.06. The Bertz CT molecular complexity index is 1150. The van der Waals surface area contributed by atoms with Crippen molar-refractivity contribution in [1.82, 2.24) is 9.55 Å². The maximum Gasteiger partial charge on any atom is 0.153 e. The number of rotatable bonds is 9. The molecule has 0 fully saturated rings. The van der Waals surface area contributed by atoms with E-state index in [1.54, 1.807) is 0 Å². The van der Waals surface area contributed by atoms with Crippen LogP contribution < -0.4 is 9.47 Å². The third kappa shape index (κ3) is 5.26. The van der Waals surface area contributed by atoms with Crippen LogP contribution in [0, 0.1) is 13.8 Å². The van der Waals surface area contributed by atoms with Crippen molar-refractivity contribution in [2.75, 3.05) is 6.61 Å². The SMILES string of the molecule is Cc1cccc(OCCCCn2c(C(C)Oc3cccc(C)c3)nc3ccccc32)c1. The van der Waals surface area contributed by atoms with E-state index in [1.165, 1.54) is 11.1 Å². The molecule has 0 saturated carbocycles. The fraction of sp³-hybridized carbons (Fsp3) is 0.296. The molecule has 1 heterocycles. The number of para-hydroxylation sites is 2. The van der Waals surface area contributed by atoms with Gasteiger partial charge in [-0.3, -0.25) is 0 Å². The fourth-order valence-electron chi connectivity index (χ4n) is 3.85. The lowest BCUT2D eigenvalue weighted by Gasteiger charge is -2.17. The average Bonchev–Trinajstić information content (AvgIpc) is 3.12. The molecule has 4 aromatic rings. The summed E-state index contributed by atoms with van der Waals surface area (Å²) in [4.78, 5) is 4.89. The van der Waals surface area contributed by atoms with Gasteiger partial charge in [0, 0.05) is 6.54 Å². The average molecular weight is 415 g/mol. The standard InChI is InChI=1S/C27H30N2O2/c1-20-10-8-12-23(18-20)30-17-7-6-16-29-26-15-5-4-14-25(26)28-27(29)22(3)31-24-13-9-11-21(2)19-24/h4-5,8-15,18-19,22H,6-7,16-17H2,1-3H3. The number of hydrogen-bond acceptors (Lipinski definition) is 3. The number of ether oxygens (including phenoxy) is 2. The summed E-state index contributed by atoms with van der Waals surface area (Å²) >= 11 is 0. The molecule has 1 aromatic heterocycles. The van der Waals surface area contributed by atoms with Gasteiger partial charge in [0.1, 0.15) is 11.5 Å². The highest BCUT2D eigenvalue weighted by molar-refractivity contribution is 5.76. The molecule has 160 valence electrons. The summed E-state index contributed by atoms with van der Waals surface area (Å²) in [6.07, 6.45) is 1.85. The predicted octanol–water partition coefficient (Wildman–Crippen LogP) is 6.65. The summed E-state index contributed by atoms with van der Waals surface area (Å²) < 4.78 is 14.4. The van der Waals surface area contributed by atoms with Crippen LogP contribution in [0.1, 0.15) is 42.8 Å². The number of imidazole rings is 1. The Balaban J connectivity index is 1.43. The van der Waals surface area contributed by atoms with E-state index in [1.807, 2.05) is 30.3 Å². The van der Waals surface area contributed by atoms with Gasteiger partial charge in [0.15, 0.2) is 11.9 Å². The predicted molar refractivity (Wildman–Crippen MR) is 126 cm³/mol. The zero-order valence-corrected chi connectivity index (χ0v) is 18.5. The lowest BCUT2D eigenvalue weighted by atomic mass is 10.2. The number of benzene rings is 3. The van der Waals surface area contributed by atoms with Crippen molar-refractivity contribution in [2.24, 2.45) is 0 Å². The number of nitrogens with zero attached hydrogens (tertiary/aromatic N) is 2. The molecule has 0 N–H and O–H groups in total. The number of unbranched alkanes of at least 4 members (excludes halogenated alkanes) is 1. The van der Waals surface area contributed by atoms with Crippen LogP contribution in [0.4, 0.5) is 0 Å². The second kappa shape index (κ2) is 9.69. The maximum atomic E-state index is 6.24. The van der Waals surface area contributed by atoms with Gasteiger partial charge in [-0.15, -0.1) is 0 Å². The van der Waals surface area contributed by atoms with E-state index < -0.39 is 0 Å². The number of aryl methyl sites for hydroxylation is 3. The van der Waals surface area contributed by atoms with Crippen LogP contribution in [-0.2, 0) is 6.54 Å². The number of fused-ring (bicyclic) bond motifs is 1. The molecule has 0 amide bonds. The van der Waals surface area contributed by atoms with Crippen molar-refractivity contribution in [3.05, 3.63) is 89.7 Å². The Hall–Kier alpha value is -3.27. The topological polar surface area (TPSA) is 36.3 Å². The van der Waals surface area contributed by atoms with Crippen molar-refractivity contribution in [2.45, 2.75) is 46.3 Å². The van der Waals surface area contributed by atoms with Crippen LogP contribution in [-0.4, -0.2) is 16.2 Å². The van der Waals surface area contributed by atoms with Crippen molar-refractivity contribution in [3.63, 3.8) is 0 Å². The lowest BCUT2D eigenvalue weighted by molar-refractivity contribution is 0.210. The van der Waals surface area contributed by atoms with Gasteiger partial charge in [0.2, 0.25) is 0 Å². The van der Waals surface area contributed by atoms with Gasteiger partial charge in [-0.25, -0.2) is 4.98 Å². The first kappa shape index (κ1) is 21.0. The van der Waals surface area contributed by atoms with Gasteiger partial charge in [0.05, 0.1) is 17.6 Å². The summed E-state index contributed by atoms with van der Waals surface area (Å²) in [7, 11) is 0. The minimum Gasteiger partial charge on any atom is -0.494 e. The molecule has 4 heteroatoms. The molecule has 31 heavy (non-hydrogen) atoms. The summed E-state index contributed by atoms with van der Waals surface area (Å²) in [5, 5.41) is 0.